The molecular weight excluding hydrogens is 356 g/mol. The van der Waals surface area contributed by atoms with Crippen LogP contribution >= 0.6 is 0 Å². The van der Waals surface area contributed by atoms with E-state index in [2.05, 4.69) is 25.7 Å². The molecule has 1 saturated carbocycles. The second-order valence-corrected chi connectivity index (χ2v) is 7.73. The van der Waals surface area contributed by atoms with Crippen LogP contribution in [0.5, 0.6) is 0 Å². The van der Waals surface area contributed by atoms with Gasteiger partial charge in [-0.25, -0.2) is 0 Å². The molecule has 1 aliphatic heterocycles. The highest BCUT2D eigenvalue weighted by atomic mass is 16.5. The minimum atomic E-state index is -0.671. The normalized spacial score (nSPS) is 24.6. The van der Waals surface area contributed by atoms with Crippen LogP contribution in [0.25, 0.3) is 11.3 Å². The van der Waals surface area contributed by atoms with E-state index in [0.29, 0.717) is 6.04 Å². The maximum atomic E-state index is 12.8. The molecule has 4 rings (SSSR count). The Labute approximate surface area is 165 Å². The van der Waals surface area contributed by atoms with Crippen molar-refractivity contribution in [2.75, 3.05) is 20.2 Å². The van der Waals surface area contributed by atoms with Crippen LogP contribution in [-0.2, 0) is 9.53 Å². The van der Waals surface area contributed by atoms with E-state index >= 15 is 0 Å². The second-order valence-electron chi connectivity index (χ2n) is 7.73. The number of methoxy groups -OCH3 is 1. The Morgan fingerprint density at radius 3 is 2.68 bits per heavy atom. The predicted molar refractivity (Wildman–Crippen MR) is 105 cm³/mol. The van der Waals surface area contributed by atoms with Crippen molar-refractivity contribution in [2.45, 2.75) is 56.2 Å². The summed E-state index contributed by atoms with van der Waals surface area (Å²) in [5, 5.41) is 11.1. The first-order chi connectivity index (χ1) is 13.7. The van der Waals surface area contributed by atoms with Gasteiger partial charge in [-0.2, -0.15) is 5.10 Å². The van der Waals surface area contributed by atoms with Crippen LogP contribution in [0.3, 0.4) is 0 Å². The van der Waals surface area contributed by atoms with Gasteiger partial charge in [0.15, 0.2) is 0 Å². The summed E-state index contributed by atoms with van der Waals surface area (Å²) in [6, 6.07) is 0.564. The number of hydrogen-bond donors (Lipinski definition) is 2. The van der Waals surface area contributed by atoms with Gasteiger partial charge in [0, 0.05) is 37.3 Å². The molecule has 8 heteroatoms. The van der Waals surface area contributed by atoms with E-state index in [4.69, 9.17) is 4.74 Å². The Hall–Kier alpha value is -2.32. The molecule has 2 aromatic heterocycles. The van der Waals surface area contributed by atoms with Crippen molar-refractivity contribution in [2.24, 2.45) is 0 Å². The number of ether oxygens (including phenoxy) is 1. The van der Waals surface area contributed by atoms with Gasteiger partial charge in [-0.15, -0.1) is 0 Å². The number of carbonyl (C=O) groups excluding carboxylic acids is 1. The van der Waals surface area contributed by atoms with Gasteiger partial charge in [0.05, 0.1) is 24.1 Å². The average molecular weight is 384 g/mol. The molecular formula is C20H28N6O2. The Morgan fingerprint density at radius 1 is 1.21 bits per heavy atom. The van der Waals surface area contributed by atoms with E-state index < -0.39 is 5.60 Å². The predicted octanol–water partition coefficient (Wildman–Crippen LogP) is 1.71. The highest BCUT2D eigenvalue weighted by molar-refractivity contribution is 5.85. The van der Waals surface area contributed by atoms with Crippen molar-refractivity contribution in [1.29, 1.82) is 0 Å². The molecule has 2 aliphatic rings. The fraction of sp³-hybridized carbons (Fsp3) is 0.600. The maximum Gasteiger partial charge on any atom is 0.252 e. The lowest BCUT2D eigenvalue weighted by atomic mass is 9.88. The molecule has 1 aliphatic carbocycles. The van der Waals surface area contributed by atoms with Crippen LogP contribution in [0.1, 0.15) is 44.6 Å². The topological polar surface area (TPSA) is 94.0 Å². The first-order valence-corrected chi connectivity index (χ1v) is 10.1. The van der Waals surface area contributed by atoms with Gasteiger partial charge in [-0.05, 0) is 51.6 Å². The Bertz CT molecular complexity index is 779. The molecule has 150 valence electrons. The summed E-state index contributed by atoms with van der Waals surface area (Å²) in [7, 11) is 1.65. The smallest absolute Gasteiger partial charge is 0.252 e. The fourth-order valence-corrected chi connectivity index (χ4v) is 4.27. The summed E-state index contributed by atoms with van der Waals surface area (Å²) < 4.78 is 7.67. The van der Waals surface area contributed by atoms with Crippen molar-refractivity contribution in [1.82, 2.24) is 30.4 Å². The average Bonchev–Trinajstić information content (AvgIpc) is 3.25. The third kappa shape index (κ3) is 3.93. The van der Waals surface area contributed by atoms with Gasteiger partial charge in [-0.3, -0.25) is 19.4 Å². The first-order valence-electron chi connectivity index (χ1n) is 10.1. The van der Waals surface area contributed by atoms with Crippen LogP contribution < -0.4 is 10.6 Å². The number of carbonyl (C=O) groups is 1. The molecule has 0 aromatic carbocycles. The largest absolute Gasteiger partial charge is 0.368 e. The first kappa shape index (κ1) is 19.0. The summed E-state index contributed by atoms with van der Waals surface area (Å²) in [6.07, 6.45) is 14.3. The summed E-state index contributed by atoms with van der Waals surface area (Å²) >= 11 is 0. The van der Waals surface area contributed by atoms with Gasteiger partial charge in [0.2, 0.25) is 0 Å². The monoisotopic (exact) mass is 384 g/mol. The molecule has 1 saturated heterocycles. The SMILES string of the molecule is COC1(C(=O)NC2CCC(n3cc(-c4cnccn4)cn3)CC2)CCNCC1. The number of aromatic nitrogens is 4. The number of rotatable bonds is 5. The highest BCUT2D eigenvalue weighted by Crippen LogP contribution is 2.30. The molecule has 2 fully saturated rings. The number of hydrogen-bond acceptors (Lipinski definition) is 6. The summed E-state index contributed by atoms with van der Waals surface area (Å²) in [6.45, 7) is 1.64. The van der Waals surface area contributed by atoms with Crippen LogP contribution in [0.15, 0.2) is 31.0 Å². The summed E-state index contributed by atoms with van der Waals surface area (Å²) in [5.41, 5.74) is 1.15. The molecule has 0 radical (unpaired) electrons. The van der Waals surface area contributed by atoms with E-state index in [0.717, 1.165) is 62.9 Å². The molecule has 0 atom stereocenters. The molecule has 2 N–H and O–H groups in total. The summed E-state index contributed by atoms with van der Waals surface area (Å²) in [5.74, 6) is 0.0453. The van der Waals surface area contributed by atoms with E-state index in [1.165, 1.54) is 0 Å². The molecule has 0 spiro atoms. The van der Waals surface area contributed by atoms with E-state index in [1.807, 2.05) is 17.1 Å². The lowest BCUT2D eigenvalue weighted by Gasteiger charge is -2.37. The van der Waals surface area contributed by atoms with Crippen LogP contribution in [0.2, 0.25) is 0 Å². The van der Waals surface area contributed by atoms with Crippen molar-refractivity contribution in [3.63, 3.8) is 0 Å². The molecule has 0 unspecified atom stereocenters. The standard InChI is InChI=1S/C20H28N6O2/c1-28-20(6-8-21-9-7-20)19(27)25-16-2-4-17(5-3-16)26-14-15(12-24-26)18-13-22-10-11-23-18/h10-14,16-17,21H,2-9H2,1H3,(H,25,27). The van der Waals surface area contributed by atoms with Crippen molar-refractivity contribution in [3.05, 3.63) is 31.0 Å². The van der Waals surface area contributed by atoms with E-state index in [9.17, 15) is 4.79 Å². The molecule has 1 amide bonds. The fourth-order valence-electron chi connectivity index (χ4n) is 4.27. The van der Waals surface area contributed by atoms with Crippen LogP contribution in [0.4, 0.5) is 0 Å². The Balaban J connectivity index is 1.32. The highest BCUT2D eigenvalue weighted by Gasteiger charge is 2.40. The van der Waals surface area contributed by atoms with Gasteiger partial charge in [0.1, 0.15) is 5.60 Å². The Morgan fingerprint density at radius 2 is 2.00 bits per heavy atom. The lowest BCUT2D eigenvalue weighted by molar-refractivity contribution is -0.147. The number of amides is 1. The van der Waals surface area contributed by atoms with Crippen LogP contribution in [0, 0.1) is 0 Å². The van der Waals surface area contributed by atoms with Gasteiger partial charge in [0.25, 0.3) is 5.91 Å². The molecule has 2 aromatic rings. The third-order valence-corrected chi connectivity index (χ3v) is 6.08. The quantitative estimate of drug-likeness (QED) is 0.815. The van der Waals surface area contributed by atoms with Gasteiger partial charge >= 0.3 is 0 Å². The van der Waals surface area contributed by atoms with Crippen molar-refractivity contribution < 1.29 is 9.53 Å². The van der Waals surface area contributed by atoms with Gasteiger partial charge in [-0.1, -0.05) is 0 Å². The zero-order valence-electron chi connectivity index (χ0n) is 16.3. The Kier molecular flexibility index (Phi) is 5.68. The minimum absolute atomic E-state index is 0.0453. The van der Waals surface area contributed by atoms with Crippen molar-refractivity contribution in [3.8, 4) is 11.3 Å². The van der Waals surface area contributed by atoms with Gasteiger partial charge < -0.3 is 15.4 Å². The number of piperidine rings is 1. The molecule has 8 nitrogen and oxygen atoms in total. The minimum Gasteiger partial charge on any atom is -0.368 e. The second kappa shape index (κ2) is 8.36. The zero-order chi connectivity index (χ0) is 19.4. The molecule has 0 bridgehead atoms. The summed E-state index contributed by atoms with van der Waals surface area (Å²) in [4.78, 5) is 21.3. The number of nitrogens with one attached hydrogen (secondary N) is 2. The lowest BCUT2D eigenvalue weighted by Crippen LogP contribution is -2.56. The zero-order valence-corrected chi connectivity index (χ0v) is 16.3. The maximum absolute atomic E-state index is 12.8. The van der Waals surface area contributed by atoms with E-state index in [1.54, 1.807) is 25.7 Å². The van der Waals surface area contributed by atoms with E-state index in [-0.39, 0.29) is 11.9 Å². The molecule has 28 heavy (non-hydrogen) atoms. The third-order valence-electron chi connectivity index (χ3n) is 6.08. The van der Waals surface area contributed by atoms with Crippen molar-refractivity contribution >= 4 is 5.91 Å². The van der Waals surface area contributed by atoms with Crippen LogP contribution in [-0.4, -0.2) is 57.5 Å². The molecule has 3 heterocycles. The number of nitrogens with zero attached hydrogens (tertiary/aromatic N) is 4.